The number of nitrogens with zero attached hydrogens (tertiary/aromatic N) is 2. The van der Waals surface area contributed by atoms with Crippen LogP contribution >= 0.6 is 22.7 Å². The lowest BCUT2D eigenvalue weighted by molar-refractivity contribution is -0.111. The Bertz CT molecular complexity index is 878. The van der Waals surface area contributed by atoms with Crippen LogP contribution in [0.1, 0.15) is 27.8 Å². The van der Waals surface area contributed by atoms with Crippen molar-refractivity contribution in [2.75, 3.05) is 18.5 Å². The summed E-state index contributed by atoms with van der Waals surface area (Å²) in [5, 5.41) is 14.8. The van der Waals surface area contributed by atoms with Gasteiger partial charge in [0.2, 0.25) is 5.91 Å². The number of nitriles is 1. The van der Waals surface area contributed by atoms with E-state index in [1.165, 1.54) is 17.4 Å². The van der Waals surface area contributed by atoms with E-state index in [9.17, 15) is 14.9 Å². The van der Waals surface area contributed by atoms with Gasteiger partial charge in [0, 0.05) is 22.4 Å². The van der Waals surface area contributed by atoms with E-state index in [1.807, 2.05) is 17.5 Å². The SMILES string of the molecule is CCOC(=O)N1CCc2c(sc(NC(=O)C=Cc3cccs3)c2C#N)C1. The molecule has 1 aliphatic rings. The lowest BCUT2D eigenvalue weighted by Gasteiger charge is -2.25. The van der Waals surface area contributed by atoms with Crippen molar-refractivity contribution in [3.63, 3.8) is 0 Å². The molecule has 8 heteroatoms. The molecule has 3 rings (SSSR count). The van der Waals surface area contributed by atoms with Gasteiger partial charge in [0.05, 0.1) is 18.7 Å². The first kappa shape index (κ1) is 18.2. The summed E-state index contributed by atoms with van der Waals surface area (Å²) < 4.78 is 5.04. The van der Waals surface area contributed by atoms with Crippen LogP contribution in [0.4, 0.5) is 9.80 Å². The number of anilines is 1. The fourth-order valence-corrected chi connectivity index (χ4v) is 4.51. The molecule has 0 aliphatic carbocycles. The van der Waals surface area contributed by atoms with E-state index in [0.717, 1.165) is 15.3 Å². The Hall–Kier alpha value is -2.63. The number of carbonyl (C=O) groups is 2. The van der Waals surface area contributed by atoms with Crippen molar-refractivity contribution in [1.29, 1.82) is 5.26 Å². The number of rotatable bonds is 4. The molecule has 3 heterocycles. The summed E-state index contributed by atoms with van der Waals surface area (Å²) in [6.45, 7) is 2.99. The number of carbonyl (C=O) groups excluding carboxylic acids is 2. The minimum Gasteiger partial charge on any atom is -0.450 e. The second-order valence-electron chi connectivity index (χ2n) is 5.53. The van der Waals surface area contributed by atoms with Gasteiger partial charge in [-0.2, -0.15) is 5.26 Å². The molecule has 134 valence electrons. The fourth-order valence-electron chi connectivity index (χ4n) is 2.68. The Morgan fingerprint density at radius 1 is 1.50 bits per heavy atom. The monoisotopic (exact) mass is 387 g/mol. The van der Waals surface area contributed by atoms with Crippen molar-refractivity contribution < 1.29 is 14.3 Å². The topological polar surface area (TPSA) is 82.4 Å². The van der Waals surface area contributed by atoms with Gasteiger partial charge in [-0.15, -0.1) is 22.7 Å². The zero-order valence-electron chi connectivity index (χ0n) is 14.2. The highest BCUT2D eigenvalue weighted by atomic mass is 32.1. The van der Waals surface area contributed by atoms with Gasteiger partial charge >= 0.3 is 6.09 Å². The molecular formula is C18H17N3O3S2. The normalized spacial score (nSPS) is 13.3. The molecule has 2 amide bonds. The van der Waals surface area contributed by atoms with E-state index < -0.39 is 0 Å². The van der Waals surface area contributed by atoms with Crippen LogP contribution in [0, 0.1) is 11.3 Å². The van der Waals surface area contributed by atoms with Gasteiger partial charge in [-0.25, -0.2) is 4.79 Å². The van der Waals surface area contributed by atoms with E-state index in [0.29, 0.717) is 36.7 Å². The highest BCUT2D eigenvalue weighted by molar-refractivity contribution is 7.16. The van der Waals surface area contributed by atoms with Crippen molar-refractivity contribution in [1.82, 2.24) is 4.90 Å². The van der Waals surface area contributed by atoms with Crippen molar-refractivity contribution >= 4 is 45.8 Å². The number of fused-ring (bicyclic) bond motifs is 1. The van der Waals surface area contributed by atoms with Gasteiger partial charge in [-0.3, -0.25) is 4.79 Å². The number of hydrogen-bond acceptors (Lipinski definition) is 6. The fraction of sp³-hybridized carbons (Fsp3) is 0.278. The molecule has 6 nitrogen and oxygen atoms in total. The predicted molar refractivity (Wildman–Crippen MR) is 102 cm³/mol. The zero-order chi connectivity index (χ0) is 18.5. The number of thiophene rings is 2. The molecular weight excluding hydrogens is 370 g/mol. The van der Waals surface area contributed by atoms with Crippen molar-refractivity contribution in [2.24, 2.45) is 0 Å². The van der Waals surface area contributed by atoms with Crippen LogP contribution in [0.15, 0.2) is 23.6 Å². The Balaban J connectivity index is 1.74. The number of amides is 2. The van der Waals surface area contributed by atoms with Gasteiger partial charge in [0.25, 0.3) is 0 Å². The molecule has 2 aromatic rings. The van der Waals surface area contributed by atoms with Crippen LogP contribution in [-0.2, 0) is 22.5 Å². The maximum Gasteiger partial charge on any atom is 0.410 e. The van der Waals surface area contributed by atoms with Gasteiger partial charge < -0.3 is 15.0 Å². The molecule has 1 aliphatic heterocycles. The van der Waals surface area contributed by atoms with E-state index in [2.05, 4.69) is 11.4 Å². The number of ether oxygens (including phenoxy) is 1. The van der Waals surface area contributed by atoms with Gasteiger partial charge in [-0.05, 0) is 36.4 Å². The molecule has 0 atom stereocenters. The van der Waals surface area contributed by atoms with Crippen LogP contribution in [0.25, 0.3) is 6.08 Å². The summed E-state index contributed by atoms with van der Waals surface area (Å²) in [6, 6.07) is 6.02. The molecule has 0 bridgehead atoms. The van der Waals surface area contributed by atoms with Crippen LogP contribution < -0.4 is 5.32 Å². The lowest BCUT2D eigenvalue weighted by Crippen LogP contribution is -2.35. The van der Waals surface area contributed by atoms with Crippen LogP contribution in [-0.4, -0.2) is 30.1 Å². The summed E-state index contributed by atoms with van der Waals surface area (Å²) in [5.74, 6) is -0.282. The third kappa shape index (κ3) is 3.95. The highest BCUT2D eigenvalue weighted by Crippen LogP contribution is 2.36. The van der Waals surface area contributed by atoms with E-state index in [4.69, 9.17) is 4.74 Å². The number of nitrogens with one attached hydrogen (secondary N) is 1. The van der Waals surface area contributed by atoms with E-state index in [-0.39, 0.29) is 12.0 Å². The Kier molecular flexibility index (Phi) is 5.71. The molecule has 0 fully saturated rings. The maximum absolute atomic E-state index is 12.2. The van der Waals surface area contributed by atoms with E-state index in [1.54, 1.807) is 29.2 Å². The smallest absolute Gasteiger partial charge is 0.410 e. The summed E-state index contributed by atoms with van der Waals surface area (Å²) in [6.07, 6.45) is 3.42. The molecule has 0 spiro atoms. The molecule has 1 N–H and O–H groups in total. The average molecular weight is 387 g/mol. The summed E-state index contributed by atoms with van der Waals surface area (Å²) >= 11 is 2.88. The molecule has 26 heavy (non-hydrogen) atoms. The van der Waals surface area contributed by atoms with Crippen LogP contribution in [0.5, 0.6) is 0 Å². The van der Waals surface area contributed by atoms with Crippen LogP contribution in [0.2, 0.25) is 0 Å². The maximum atomic E-state index is 12.2. The highest BCUT2D eigenvalue weighted by Gasteiger charge is 2.27. The molecule has 0 radical (unpaired) electrons. The second-order valence-corrected chi connectivity index (χ2v) is 7.61. The van der Waals surface area contributed by atoms with Crippen molar-refractivity contribution in [3.8, 4) is 6.07 Å². The third-order valence-corrected chi connectivity index (χ3v) is 5.84. The average Bonchev–Trinajstić information content (AvgIpc) is 3.26. The molecule has 0 saturated carbocycles. The van der Waals surface area contributed by atoms with Crippen LogP contribution in [0.3, 0.4) is 0 Å². The predicted octanol–water partition coefficient (Wildman–Crippen LogP) is 3.85. The lowest BCUT2D eigenvalue weighted by atomic mass is 10.0. The minimum absolute atomic E-state index is 0.282. The third-order valence-electron chi connectivity index (χ3n) is 3.87. The Morgan fingerprint density at radius 2 is 2.35 bits per heavy atom. The van der Waals surface area contributed by atoms with Crippen molar-refractivity contribution in [3.05, 3.63) is 44.5 Å². The molecule has 2 aromatic heterocycles. The van der Waals surface area contributed by atoms with Gasteiger partial charge in [0.15, 0.2) is 0 Å². The van der Waals surface area contributed by atoms with Gasteiger partial charge in [0.1, 0.15) is 11.1 Å². The largest absolute Gasteiger partial charge is 0.450 e. The summed E-state index contributed by atoms with van der Waals surface area (Å²) in [7, 11) is 0. The standard InChI is InChI=1S/C18H17N3O3S2/c1-2-24-18(23)21-8-7-13-14(10-19)17(26-15(13)11-21)20-16(22)6-5-12-4-3-9-25-12/h3-6,9H,2,7-8,11H2,1H3,(H,20,22). The second kappa shape index (κ2) is 8.17. The summed E-state index contributed by atoms with van der Waals surface area (Å²) in [5.41, 5.74) is 1.40. The first-order valence-corrected chi connectivity index (χ1v) is 9.81. The Labute approximate surface area is 159 Å². The first-order valence-electron chi connectivity index (χ1n) is 8.11. The van der Waals surface area contributed by atoms with Crippen molar-refractivity contribution in [2.45, 2.75) is 19.9 Å². The molecule has 0 unspecified atom stereocenters. The summed E-state index contributed by atoms with van der Waals surface area (Å²) in [4.78, 5) is 27.6. The quantitative estimate of drug-likeness (QED) is 0.808. The zero-order valence-corrected chi connectivity index (χ0v) is 15.8. The molecule has 0 saturated heterocycles. The minimum atomic E-state index is -0.352. The van der Waals surface area contributed by atoms with Gasteiger partial charge in [-0.1, -0.05) is 6.07 Å². The first-order chi connectivity index (χ1) is 12.6. The van der Waals surface area contributed by atoms with E-state index >= 15 is 0 Å². The Morgan fingerprint density at radius 3 is 3.04 bits per heavy atom. The molecule has 0 aromatic carbocycles. The number of hydrogen-bond donors (Lipinski definition) is 1.